The molecule has 0 aliphatic carbocycles. The number of nitrogens with zero attached hydrogens (tertiary/aromatic N) is 1. The number of rotatable bonds is 3. The Labute approximate surface area is 114 Å². The van der Waals surface area contributed by atoms with Crippen molar-refractivity contribution >= 4 is 21.6 Å². The van der Waals surface area contributed by atoms with Crippen LogP contribution in [0, 0.1) is 11.3 Å². The van der Waals surface area contributed by atoms with E-state index in [2.05, 4.69) is 22.0 Å². The normalized spacial score (nSPS) is 9.78. The van der Waals surface area contributed by atoms with E-state index in [1.54, 1.807) is 24.3 Å². The highest BCUT2D eigenvalue weighted by atomic mass is 79.9. The lowest BCUT2D eigenvalue weighted by molar-refractivity contribution is 0.306. The summed E-state index contributed by atoms with van der Waals surface area (Å²) in [5.74, 6) is 0.729. The second-order valence-corrected chi connectivity index (χ2v) is 4.73. The first-order chi connectivity index (χ1) is 8.67. The Morgan fingerprint density at radius 2 is 1.89 bits per heavy atom. The first kappa shape index (κ1) is 12.5. The molecule has 90 valence electrons. The monoisotopic (exact) mass is 302 g/mol. The molecule has 0 radical (unpaired) electrons. The molecule has 0 aliphatic rings. The summed E-state index contributed by atoms with van der Waals surface area (Å²) < 4.78 is 6.55. The van der Waals surface area contributed by atoms with Crippen molar-refractivity contribution in [3.05, 3.63) is 58.1 Å². The van der Waals surface area contributed by atoms with E-state index in [-0.39, 0.29) is 0 Å². The standard InChI is InChI=1S/C14H11BrN2O/c15-12-5-11(6-13(17)7-12)9-18-14-3-1-10(8-16)2-4-14/h1-7H,9,17H2. The Kier molecular flexibility index (Phi) is 3.85. The van der Waals surface area contributed by atoms with Crippen LogP contribution in [-0.4, -0.2) is 0 Å². The molecule has 4 heteroatoms. The highest BCUT2D eigenvalue weighted by molar-refractivity contribution is 9.10. The van der Waals surface area contributed by atoms with Crippen LogP contribution in [0.25, 0.3) is 0 Å². The SMILES string of the molecule is N#Cc1ccc(OCc2cc(N)cc(Br)c2)cc1. The minimum Gasteiger partial charge on any atom is -0.489 e. The molecule has 18 heavy (non-hydrogen) atoms. The van der Waals surface area contributed by atoms with Crippen molar-refractivity contribution in [3.8, 4) is 11.8 Å². The van der Waals surface area contributed by atoms with Crippen molar-refractivity contribution in [1.82, 2.24) is 0 Å². The first-order valence-electron chi connectivity index (χ1n) is 5.35. The molecule has 2 aromatic rings. The van der Waals surface area contributed by atoms with Gasteiger partial charge in [-0.3, -0.25) is 0 Å². The summed E-state index contributed by atoms with van der Waals surface area (Å²) in [6.07, 6.45) is 0. The predicted octanol–water partition coefficient (Wildman–Crippen LogP) is 3.48. The van der Waals surface area contributed by atoms with Crippen LogP contribution < -0.4 is 10.5 Å². The number of benzene rings is 2. The van der Waals surface area contributed by atoms with Crippen molar-refractivity contribution in [2.45, 2.75) is 6.61 Å². The topological polar surface area (TPSA) is 59.0 Å². The maximum atomic E-state index is 8.69. The van der Waals surface area contributed by atoms with E-state index in [9.17, 15) is 0 Å². The highest BCUT2D eigenvalue weighted by Crippen LogP contribution is 2.19. The van der Waals surface area contributed by atoms with Crippen LogP contribution in [-0.2, 0) is 6.61 Å². The van der Waals surface area contributed by atoms with Gasteiger partial charge in [0.2, 0.25) is 0 Å². The molecule has 3 nitrogen and oxygen atoms in total. The van der Waals surface area contributed by atoms with Gasteiger partial charge in [-0.15, -0.1) is 0 Å². The van der Waals surface area contributed by atoms with Gasteiger partial charge in [0, 0.05) is 10.2 Å². The Morgan fingerprint density at radius 3 is 2.50 bits per heavy atom. The van der Waals surface area contributed by atoms with E-state index < -0.39 is 0 Å². The average Bonchev–Trinajstić information content (AvgIpc) is 2.36. The van der Waals surface area contributed by atoms with Crippen molar-refractivity contribution in [1.29, 1.82) is 5.26 Å². The van der Waals surface area contributed by atoms with Gasteiger partial charge in [0.15, 0.2) is 0 Å². The third kappa shape index (κ3) is 3.25. The molecular weight excluding hydrogens is 292 g/mol. The van der Waals surface area contributed by atoms with Crippen molar-refractivity contribution in [2.75, 3.05) is 5.73 Å². The quantitative estimate of drug-likeness (QED) is 0.883. The zero-order valence-electron chi connectivity index (χ0n) is 9.56. The Balaban J connectivity index is 2.04. The molecule has 0 bridgehead atoms. The number of hydrogen-bond donors (Lipinski definition) is 1. The van der Waals surface area contributed by atoms with Gasteiger partial charge in [-0.1, -0.05) is 15.9 Å². The molecule has 2 N–H and O–H groups in total. The summed E-state index contributed by atoms with van der Waals surface area (Å²) in [7, 11) is 0. The third-order valence-electron chi connectivity index (χ3n) is 2.37. The van der Waals surface area contributed by atoms with Gasteiger partial charge < -0.3 is 10.5 Å². The molecule has 0 saturated heterocycles. The fraction of sp³-hybridized carbons (Fsp3) is 0.0714. The minimum absolute atomic E-state index is 0.440. The summed E-state index contributed by atoms with van der Waals surface area (Å²) in [6.45, 7) is 0.440. The largest absolute Gasteiger partial charge is 0.489 e. The summed E-state index contributed by atoms with van der Waals surface area (Å²) in [6, 6.07) is 14.7. The zero-order chi connectivity index (χ0) is 13.0. The van der Waals surface area contributed by atoms with Crippen LogP contribution in [0.1, 0.15) is 11.1 Å². The maximum Gasteiger partial charge on any atom is 0.119 e. The van der Waals surface area contributed by atoms with E-state index in [1.165, 1.54) is 0 Å². The maximum absolute atomic E-state index is 8.69. The van der Waals surface area contributed by atoms with Crippen LogP contribution in [0.15, 0.2) is 46.9 Å². The van der Waals surface area contributed by atoms with Crippen LogP contribution in [0.4, 0.5) is 5.69 Å². The van der Waals surface area contributed by atoms with Gasteiger partial charge in [-0.25, -0.2) is 0 Å². The van der Waals surface area contributed by atoms with E-state index in [1.807, 2.05) is 18.2 Å². The summed E-state index contributed by atoms with van der Waals surface area (Å²) in [5.41, 5.74) is 8.05. The molecule has 0 heterocycles. The number of ether oxygens (including phenoxy) is 1. The average molecular weight is 303 g/mol. The van der Waals surface area contributed by atoms with E-state index in [4.69, 9.17) is 15.7 Å². The number of halogens is 1. The molecule has 0 amide bonds. The van der Waals surface area contributed by atoms with Gasteiger partial charge in [-0.2, -0.15) is 5.26 Å². The van der Waals surface area contributed by atoms with E-state index in [0.717, 1.165) is 15.8 Å². The Hall–Kier alpha value is -1.99. The van der Waals surface area contributed by atoms with Gasteiger partial charge >= 0.3 is 0 Å². The van der Waals surface area contributed by atoms with Crippen molar-refractivity contribution in [3.63, 3.8) is 0 Å². The Bertz CT molecular complexity index is 567. The third-order valence-corrected chi connectivity index (χ3v) is 2.83. The summed E-state index contributed by atoms with van der Waals surface area (Å²) in [4.78, 5) is 0. The van der Waals surface area contributed by atoms with Crippen LogP contribution in [0.2, 0.25) is 0 Å². The van der Waals surface area contributed by atoms with Crippen molar-refractivity contribution in [2.24, 2.45) is 0 Å². The lowest BCUT2D eigenvalue weighted by Crippen LogP contribution is -1.97. The number of nitrogens with two attached hydrogens (primary N) is 1. The molecule has 0 atom stereocenters. The first-order valence-corrected chi connectivity index (χ1v) is 6.14. The Morgan fingerprint density at radius 1 is 1.17 bits per heavy atom. The second kappa shape index (κ2) is 5.56. The minimum atomic E-state index is 0.440. The van der Waals surface area contributed by atoms with Crippen LogP contribution >= 0.6 is 15.9 Å². The van der Waals surface area contributed by atoms with Gasteiger partial charge in [0.25, 0.3) is 0 Å². The molecule has 2 rings (SSSR count). The highest BCUT2D eigenvalue weighted by Gasteiger charge is 1.99. The lowest BCUT2D eigenvalue weighted by atomic mass is 10.2. The van der Waals surface area contributed by atoms with Crippen molar-refractivity contribution < 1.29 is 4.74 Å². The molecule has 0 aliphatic heterocycles. The van der Waals surface area contributed by atoms with Gasteiger partial charge in [0.1, 0.15) is 12.4 Å². The fourth-order valence-electron chi connectivity index (χ4n) is 1.55. The molecule has 0 aromatic heterocycles. The zero-order valence-corrected chi connectivity index (χ0v) is 11.1. The van der Waals surface area contributed by atoms with Gasteiger partial charge in [-0.05, 0) is 48.0 Å². The molecule has 0 saturated carbocycles. The molecule has 0 unspecified atom stereocenters. The summed E-state index contributed by atoms with van der Waals surface area (Å²) >= 11 is 3.39. The van der Waals surface area contributed by atoms with E-state index in [0.29, 0.717) is 17.9 Å². The molecule has 0 fully saturated rings. The lowest BCUT2D eigenvalue weighted by Gasteiger charge is -2.07. The van der Waals surface area contributed by atoms with Gasteiger partial charge in [0.05, 0.1) is 11.6 Å². The smallest absolute Gasteiger partial charge is 0.119 e. The van der Waals surface area contributed by atoms with E-state index >= 15 is 0 Å². The molecule has 2 aromatic carbocycles. The fourth-order valence-corrected chi connectivity index (χ4v) is 2.11. The number of anilines is 1. The van der Waals surface area contributed by atoms with Crippen LogP contribution in [0.5, 0.6) is 5.75 Å². The number of nitrogen functional groups attached to an aromatic ring is 1. The molecule has 0 spiro atoms. The van der Waals surface area contributed by atoms with Crippen LogP contribution in [0.3, 0.4) is 0 Å². The summed E-state index contributed by atoms with van der Waals surface area (Å²) in [5, 5.41) is 8.69. The predicted molar refractivity (Wildman–Crippen MR) is 74.0 cm³/mol. The number of nitriles is 1. The molecular formula is C14H11BrN2O. The second-order valence-electron chi connectivity index (χ2n) is 3.82. The number of hydrogen-bond acceptors (Lipinski definition) is 3.